The molecule has 1 aliphatic heterocycles. The Labute approximate surface area is 138 Å². The maximum absolute atomic E-state index is 13.0. The van der Waals surface area contributed by atoms with Crippen molar-refractivity contribution in [1.82, 2.24) is 19.6 Å². The highest BCUT2D eigenvalue weighted by molar-refractivity contribution is 6.30. The minimum Gasteiger partial charge on any atom is -0.357 e. The molecule has 1 fully saturated rings. The number of nitrogens with zero attached hydrogens (tertiary/aromatic N) is 3. The smallest absolute Gasteiger partial charge is 0.273 e. The number of carbonyl (C=O) groups is 2. The van der Waals surface area contributed by atoms with Crippen molar-refractivity contribution in [1.29, 1.82) is 0 Å². The van der Waals surface area contributed by atoms with Crippen LogP contribution in [-0.4, -0.2) is 51.8 Å². The van der Waals surface area contributed by atoms with E-state index in [2.05, 4.69) is 10.3 Å². The number of amides is 2. The molecule has 122 valence electrons. The number of nitrogens with two attached hydrogens (primary N) is 1. The van der Waals surface area contributed by atoms with Gasteiger partial charge < -0.3 is 16.0 Å². The molecular formula is C15H18ClN5O2. The third-order valence-corrected chi connectivity index (χ3v) is 4.33. The fourth-order valence-electron chi connectivity index (χ4n) is 3.04. The van der Waals surface area contributed by atoms with Crippen LogP contribution in [0.15, 0.2) is 18.3 Å². The van der Waals surface area contributed by atoms with Gasteiger partial charge in [-0.2, -0.15) is 0 Å². The van der Waals surface area contributed by atoms with E-state index in [-0.39, 0.29) is 17.9 Å². The highest BCUT2D eigenvalue weighted by atomic mass is 35.5. The van der Waals surface area contributed by atoms with Gasteiger partial charge in [-0.25, -0.2) is 4.98 Å². The third-order valence-electron chi connectivity index (χ3n) is 4.10. The SMILES string of the molecule is CNC(=O)[C@@H]1C[C@H](N)CN1C(=O)c1c(C)nc2ccc(Cl)cn12. The minimum absolute atomic E-state index is 0.212. The number of likely N-dealkylation sites (N-methyl/N-ethyl adjacent to an activating group) is 1. The fraction of sp³-hybridized carbons (Fsp3) is 0.400. The number of imidazole rings is 1. The Bertz CT molecular complexity index is 788. The number of carbonyl (C=O) groups excluding carboxylic acids is 2. The standard InChI is InChI=1S/C15H18ClN5O2/c1-8-13(21-6-9(16)3-4-12(21)19-8)15(23)20-7-10(17)5-11(20)14(22)18-2/h3-4,6,10-11H,5,7,17H2,1-2H3,(H,18,22)/t10-,11-/m0/s1. The number of pyridine rings is 1. The molecule has 23 heavy (non-hydrogen) atoms. The Morgan fingerprint density at radius 2 is 2.17 bits per heavy atom. The van der Waals surface area contributed by atoms with Gasteiger partial charge >= 0.3 is 0 Å². The molecule has 0 unspecified atom stereocenters. The maximum atomic E-state index is 13.0. The van der Waals surface area contributed by atoms with E-state index in [0.717, 1.165) is 0 Å². The molecule has 3 heterocycles. The van der Waals surface area contributed by atoms with Gasteiger partial charge in [-0.05, 0) is 25.5 Å². The second-order valence-corrected chi connectivity index (χ2v) is 6.14. The van der Waals surface area contributed by atoms with Crippen LogP contribution in [-0.2, 0) is 4.79 Å². The van der Waals surface area contributed by atoms with Crippen LogP contribution in [0.2, 0.25) is 5.02 Å². The summed E-state index contributed by atoms with van der Waals surface area (Å²) in [5.41, 5.74) is 7.59. The Kier molecular flexibility index (Phi) is 3.99. The molecule has 0 bridgehead atoms. The normalized spacial score (nSPS) is 21.0. The first-order chi connectivity index (χ1) is 10.9. The van der Waals surface area contributed by atoms with Crippen molar-refractivity contribution in [2.75, 3.05) is 13.6 Å². The molecule has 0 spiro atoms. The largest absolute Gasteiger partial charge is 0.357 e. The first-order valence-electron chi connectivity index (χ1n) is 7.34. The van der Waals surface area contributed by atoms with E-state index >= 15 is 0 Å². The van der Waals surface area contributed by atoms with Gasteiger partial charge in [0.1, 0.15) is 17.4 Å². The van der Waals surface area contributed by atoms with E-state index in [9.17, 15) is 9.59 Å². The summed E-state index contributed by atoms with van der Waals surface area (Å²) < 4.78 is 1.66. The second kappa shape index (κ2) is 5.82. The Morgan fingerprint density at radius 3 is 2.87 bits per heavy atom. The van der Waals surface area contributed by atoms with Crippen molar-refractivity contribution in [2.45, 2.75) is 25.4 Å². The lowest BCUT2D eigenvalue weighted by Gasteiger charge is -2.23. The van der Waals surface area contributed by atoms with Crippen LogP contribution in [0.5, 0.6) is 0 Å². The number of likely N-dealkylation sites (tertiary alicyclic amines) is 1. The topological polar surface area (TPSA) is 92.7 Å². The van der Waals surface area contributed by atoms with Crippen LogP contribution in [0.25, 0.3) is 5.65 Å². The monoisotopic (exact) mass is 335 g/mol. The van der Waals surface area contributed by atoms with Gasteiger partial charge in [0.05, 0.1) is 10.7 Å². The van der Waals surface area contributed by atoms with Crippen molar-refractivity contribution in [3.63, 3.8) is 0 Å². The zero-order chi connectivity index (χ0) is 16.7. The maximum Gasteiger partial charge on any atom is 0.273 e. The molecule has 7 nitrogen and oxygen atoms in total. The molecule has 8 heteroatoms. The number of hydrogen-bond acceptors (Lipinski definition) is 4. The lowest BCUT2D eigenvalue weighted by molar-refractivity contribution is -0.124. The van der Waals surface area contributed by atoms with E-state index in [1.807, 2.05) is 0 Å². The van der Waals surface area contributed by atoms with Crippen LogP contribution in [0.1, 0.15) is 22.6 Å². The lowest BCUT2D eigenvalue weighted by Crippen LogP contribution is -2.45. The molecule has 2 aromatic heterocycles. The van der Waals surface area contributed by atoms with Gasteiger partial charge in [0.2, 0.25) is 5.91 Å². The zero-order valence-electron chi connectivity index (χ0n) is 12.9. The van der Waals surface area contributed by atoms with Gasteiger partial charge in [0.15, 0.2) is 0 Å². The van der Waals surface area contributed by atoms with Crippen LogP contribution in [0.3, 0.4) is 0 Å². The quantitative estimate of drug-likeness (QED) is 0.839. The minimum atomic E-state index is -0.563. The number of aromatic nitrogens is 2. The van der Waals surface area contributed by atoms with E-state index in [4.69, 9.17) is 17.3 Å². The average Bonchev–Trinajstić information content (AvgIpc) is 3.05. The lowest BCUT2D eigenvalue weighted by atomic mass is 10.1. The molecule has 3 rings (SSSR count). The summed E-state index contributed by atoms with van der Waals surface area (Å²) in [5, 5.41) is 3.09. The molecule has 0 saturated carbocycles. The van der Waals surface area contributed by atoms with E-state index < -0.39 is 6.04 Å². The molecule has 2 amide bonds. The van der Waals surface area contributed by atoms with Crippen LogP contribution >= 0.6 is 11.6 Å². The van der Waals surface area contributed by atoms with Crippen molar-refractivity contribution in [2.24, 2.45) is 5.73 Å². The number of aryl methyl sites for hydroxylation is 1. The van der Waals surface area contributed by atoms with Gasteiger partial charge in [-0.15, -0.1) is 0 Å². The first kappa shape index (κ1) is 15.8. The summed E-state index contributed by atoms with van der Waals surface area (Å²) >= 11 is 6.03. The summed E-state index contributed by atoms with van der Waals surface area (Å²) in [5.74, 6) is -0.477. The summed E-state index contributed by atoms with van der Waals surface area (Å²) in [4.78, 5) is 31.0. The first-order valence-corrected chi connectivity index (χ1v) is 7.72. The van der Waals surface area contributed by atoms with Crippen molar-refractivity contribution in [3.05, 3.63) is 34.7 Å². The van der Waals surface area contributed by atoms with Crippen LogP contribution < -0.4 is 11.1 Å². The van der Waals surface area contributed by atoms with E-state index in [0.29, 0.717) is 35.0 Å². The number of fused-ring (bicyclic) bond motifs is 1. The zero-order valence-corrected chi connectivity index (χ0v) is 13.7. The van der Waals surface area contributed by atoms with Gasteiger partial charge in [0, 0.05) is 25.8 Å². The Morgan fingerprint density at radius 1 is 1.43 bits per heavy atom. The predicted octanol–water partition coefficient (Wildman–Crippen LogP) is 0.584. The summed E-state index contributed by atoms with van der Waals surface area (Å²) in [7, 11) is 1.55. The fourth-order valence-corrected chi connectivity index (χ4v) is 3.20. The van der Waals surface area contributed by atoms with E-state index in [1.54, 1.807) is 36.7 Å². The number of nitrogens with one attached hydrogen (secondary N) is 1. The molecule has 0 aromatic carbocycles. The van der Waals surface area contributed by atoms with Gasteiger partial charge in [-0.3, -0.25) is 14.0 Å². The van der Waals surface area contributed by atoms with Crippen LogP contribution in [0.4, 0.5) is 0 Å². The average molecular weight is 336 g/mol. The van der Waals surface area contributed by atoms with Crippen molar-refractivity contribution >= 4 is 29.1 Å². The molecule has 2 aromatic rings. The molecule has 2 atom stereocenters. The number of rotatable bonds is 2. The van der Waals surface area contributed by atoms with Gasteiger partial charge in [0.25, 0.3) is 5.91 Å². The summed E-state index contributed by atoms with van der Waals surface area (Å²) in [6, 6.07) is 2.69. The summed E-state index contributed by atoms with van der Waals surface area (Å²) in [6.45, 7) is 2.10. The number of halogens is 1. The molecule has 3 N–H and O–H groups in total. The Hall–Kier alpha value is -2.12. The highest BCUT2D eigenvalue weighted by Crippen LogP contribution is 2.23. The highest BCUT2D eigenvalue weighted by Gasteiger charge is 2.39. The van der Waals surface area contributed by atoms with Crippen molar-refractivity contribution in [3.8, 4) is 0 Å². The summed E-state index contributed by atoms with van der Waals surface area (Å²) in [6.07, 6.45) is 2.09. The predicted molar refractivity (Wildman–Crippen MR) is 86.4 cm³/mol. The third kappa shape index (κ3) is 2.66. The second-order valence-electron chi connectivity index (χ2n) is 5.70. The van der Waals surface area contributed by atoms with Crippen LogP contribution in [0, 0.1) is 6.92 Å². The van der Waals surface area contributed by atoms with Crippen molar-refractivity contribution < 1.29 is 9.59 Å². The molecule has 1 saturated heterocycles. The molecule has 0 aliphatic carbocycles. The Balaban J connectivity index is 2.04. The molecule has 0 radical (unpaired) electrons. The van der Waals surface area contributed by atoms with E-state index in [1.165, 1.54) is 4.90 Å². The van der Waals surface area contributed by atoms with Gasteiger partial charge in [-0.1, -0.05) is 11.6 Å². The number of hydrogen-bond donors (Lipinski definition) is 2. The molecular weight excluding hydrogens is 318 g/mol. The molecule has 1 aliphatic rings.